The van der Waals surface area contributed by atoms with Crippen LogP contribution in [-0.4, -0.2) is 46.2 Å². The summed E-state index contributed by atoms with van der Waals surface area (Å²) >= 11 is 0. The maximum Gasteiger partial charge on any atom is 0.252 e. The van der Waals surface area contributed by atoms with E-state index in [0.29, 0.717) is 36.9 Å². The molecule has 1 fully saturated rings. The Hall–Kier alpha value is -3.19. The van der Waals surface area contributed by atoms with Crippen molar-refractivity contribution in [1.29, 1.82) is 0 Å². The normalized spacial score (nSPS) is 19.4. The predicted molar refractivity (Wildman–Crippen MR) is 99.4 cm³/mol. The molecule has 7 heteroatoms. The molecule has 0 unspecified atom stereocenters. The molecule has 1 saturated heterocycles. The molecule has 2 atom stereocenters. The molecule has 0 saturated carbocycles. The Morgan fingerprint density at radius 1 is 1.15 bits per heavy atom. The first-order valence-corrected chi connectivity index (χ1v) is 8.86. The highest BCUT2D eigenvalue weighted by atomic mass is 16.5. The van der Waals surface area contributed by atoms with Crippen molar-refractivity contribution in [3.05, 3.63) is 66.6 Å². The highest BCUT2D eigenvalue weighted by Crippen LogP contribution is 2.21. The van der Waals surface area contributed by atoms with Crippen LogP contribution >= 0.6 is 0 Å². The molecule has 1 amide bonds. The molecule has 1 aliphatic rings. The smallest absolute Gasteiger partial charge is 0.252 e. The van der Waals surface area contributed by atoms with Gasteiger partial charge in [0, 0.05) is 36.8 Å². The van der Waals surface area contributed by atoms with E-state index in [0.717, 1.165) is 5.56 Å². The third kappa shape index (κ3) is 3.98. The molecule has 0 bridgehead atoms. The van der Waals surface area contributed by atoms with Gasteiger partial charge in [0.1, 0.15) is 11.9 Å². The third-order valence-corrected chi connectivity index (χ3v) is 4.46. The van der Waals surface area contributed by atoms with Crippen LogP contribution in [0.4, 0.5) is 0 Å². The van der Waals surface area contributed by atoms with Gasteiger partial charge in [-0.3, -0.25) is 4.79 Å². The van der Waals surface area contributed by atoms with Gasteiger partial charge in [0.2, 0.25) is 5.88 Å². The lowest BCUT2D eigenvalue weighted by Gasteiger charge is -2.32. The van der Waals surface area contributed by atoms with Crippen molar-refractivity contribution in [2.75, 3.05) is 13.2 Å². The number of carbonyl (C=O) groups excluding carboxylic acids is 1. The van der Waals surface area contributed by atoms with Crippen molar-refractivity contribution in [3.8, 4) is 17.3 Å². The molecule has 1 aromatic carbocycles. The van der Waals surface area contributed by atoms with E-state index in [4.69, 9.17) is 9.47 Å². The van der Waals surface area contributed by atoms with Gasteiger partial charge < -0.3 is 19.8 Å². The molecule has 0 aliphatic carbocycles. The molecule has 3 heterocycles. The van der Waals surface area contributed by atoms with Gasteiger partial charge in [0.05, 0.1) is 18.2 Å². The average molecular weight is 364 g/mol. The number of nitrogens with zero attached hydrogens (tertiary/aromatic N) is 2. The zero-order chi connectivity index (χ0) is 18.5. The molecule has 138 valence electrons. The minimum Gasteiger partial charge on any atom is -0.470 e. The van der Waals surface area contributed by atoms with Crippen molar-refractivity contribution in [1.82, 2.24) is 20.3 Å². The van der Waals surface area contributed by atoms with E-state index in [1.54, 1.807) is 30.7 Å². The summed E-state index contributed by atoms with van der Waals surface area (Å²) < 4.78 is 11.5. The van der Waals surface area contributed by atoms with Crippen molar-refractivity contribution in [2.45, 2.75) is 18.6 Å². The molecule has 27 heavy (non-hydrogen) atoms. The van der Waals surface area contributed by atoms with E-state index in [1.807, 2.05) is 30.3 Å². The summed E-state index contributed by atoms with van der Waals surface area (Å²) in [6, 6.07) is 12.7. The molecular weight excluding hydrogens is 344 g/mol. The van der Waals surface area contributed by atoms with Gasteiger partial charge >= 0.3 is 0 Å². The van der Waals surface area contributed by atoms with Crippen LogP contribution in [0.2, 0.25) is 0 Å². The van der Waals surface area contributed by atoms with Crippen molar-refractivity contribution in [2.24, 2.45) is 0 Å². The number of hydrogen-bond donors (Lipinski definition) is 2. The fraction of sp³-hybridized carbons (Fsp3) is 0.250. The molecule has 3 aromatic rings. The van der Waals surface area contributed by atoms with Crippen LogP contribution in [0.25, 0.3) is 11.4 Å². The number of ether oxygens (including phenoxy) is 2. The van der Waals surface area contributed by atoms with Gasteiger partial charge in [-0.1, -0.05) is 24.3 Å². The monoisotopic (exact) mass is 364 g/mol. The number of aromatic nitrogens is 3. The summed E-state index contributed by atoms with van der Waals surface area (Å²) in [7, 11) is 0. The van der Waals surface area contributed by atoms with Crippen molar-refractivity contribution < 1.29 is 14.3 Å². The van der Waals surface area contributed by atoms with E-state index >= 15 is 0 Å². The Morgan fingerprint density at radius 3 is 2.85 bits per heavy atom. The zero-order valence-corrected chi connectivity index (χ0v) is 14.7. The second kappa shape index (κ2) is 8.01. The number of hydrogen-bond acceptors (Lipinski definition) is 5. The molecule has 2 N–H and O–H groups in total. The molecule has 0 radical (unpaired) electrons. The summed E-state index contributed by atoms with van der Waals surface area (Å²) in [5.41, 5.74) is 1.32. The Balaban J connectivity index is 1.51. The number of H-pyrrole nitrogens is 1. The highest BCUT2D eigenvalue weighted by Gasteiger charge is 2.30. The maximum absolute atomic E-state index is 13.0. The van der Waals surface area contributed by atoms with E-state index < -0.39 is 0 Å². The Kier molecular flexibility index (Phi) is 5.11. The number of pyridine rings is 1. The molecule has 4 rings (SSSR count). The Morgan fingerprint density at radius 2 is 2.04 bits per heavy atom. The fourth-order valence-corrected chi connectivity index (χ4v) is 3.11. The lowest BCUT2D eigenvalue weighted by atomic mass is 10.0. The second-order valence-electron chi connectivity index (χ2n) is 6.25. The van der Waals surface area contributed by atoms with Crippen LogP contribution in [0.5, 0.6) is 5.88 Å². The van der Waals surface area contributed by atoms with Gasteiger partial charge in [0.15, 0.2) is 0 Å². The summed E-state index contributed by atoms with van der Waals surface area (Å²) in [5.74, 6) is 1.01. The SMILES string of the molecule is O=C(N[C@@H]1CCOC[C@H]1Oc1ccccn1)c1ccccc1-c1ncc[nH]1. The number of nitrogens with one attached hydrogen (secondary N) is 2. The van der Waals surface area contributed by atoms with E-state index in [-0.39, 0.29) is 18.1 Å². The summed E-state index contributed by atoms with van der Waals surface area (Å²) in [6.45, 7) is 0.980. The highest BCUT2D eigenvalue weighted by molar-refractivity contribution is 6.00. The molecule has 1 aliphatic heterocycles. The first-order chi connectivity index (χ1) is 13.3. The van der Waals surface area contributed by atoms with Crippen LogP contribution < -0.4 is 10.1 Å². The maximum atomic E-state index is 13.0. The van der Waals surface area contributed by atoms with Gasteiger partial charge in [0.25, 0.3) is 5.91 Å². The summed E-state index contributed by atoms with van der Waals surface area (Å²) in [6.07, 6.45) is 5.45. The van der Waals surface area contributed by atoms with E-state index in [2.05, 4.69) is 20.3 Å². The largest absolute Gasteiger partial charge is 0.470 e. The number of aromatic amines is 1. The minimum atomic E-state index is -0.298. The Bertz CT molecular complexity index is 883. The molecule has 0 spiro atoms. The molecular formula is C20H20N4O3. The summed E-state index contributed by atoms with van der Waals surface area (Å²) in [4.78, 5) is 24.5. The lowest BCUT2D eigenvalue weighted by molar-refractivity contribution is -0.0152. The number of rotatable bonds is 5. The topological polar surface area (TPSA) is 89.1 Å². The first kappa shape index (κ1) is 17.2. The quantitative estimate of drug-likeness (QED) is 0.726. The zero-order valence-electron chi connectivity index (χ0n) is 14.7. The van der Waals surface area contributed by atoms with Crippen LogP contribution in [0, 0.1) is 0 Å². The van der Waals surface area contributed by atoms with Crippen molar-refractivity contribution in [3.63, 3.8) is 0 Å². The van der Waals surface area contributed by atoms with Crippen LogP contribution in [0.1, 0.15) is 16.8 Å². The van der Waals surface area contributed by atoms with E-state index in [9.17, 15) is 4.79 Å². The second-order valence-corrected chi connectivity index (χ2v) is 6.25. The number of amides is 1. The standard InChI is InChI=1S/C20H20N4O3/c25-20(15-6-2-1-5-14(15)19-22-10-11-23-19)24-16-8-12-26-13-17(16)27-18-7-3-4-9-21-18/h1-7,9-11,16-17H,8,12-13H2,(H,22,23)(H,24,25)/t16-,17-/m1/s1. The van der Waals surface area contributed by atoms with Gasteiger partial charge in [-0.25, -0.2) is 9.97 Å². The molecule has 7 nitrogen and oxygen atoms in total. The van der Waals surface area contributed by atoms with Crippen molar-refractivity contribution >= 4 is 5.91 Å². The lowest BCUT2D eigenvalue weighted by Crippen LogP contribution is -2.51. The molecule has 2 aromatic heterocycles. The number of imidazole rings is 1. The average Bonchev–Trinajstić information content (AvgIpc) is 3.25. The number of carbonyl (C=O) groups is 1. The third-order valence-electron chi connectivity index (χ3n) is 4.46. The van der Waals surface area contributed by atoms with Gasteiger partial charge in [-0.15, -0.1) is 0 Å². The number of benzene rings is 1. The van der Waals surface area contributed by atoms with Crippen LogP contribution in [0.3, 0.4) is 0 Å². The fourth-order valence-electron chi connectivity index (χ4n) is 3.11. The van der Waals surface area contributed by atoms with E-state index in [1.165, 1.54) is 0 Å². The van der Waals surface area contributed by atoms with Gasteiger partial charge in [-0.05, 0) is 18.6 Å². The predicted octanol–water partition coefficient (Wildman–Crippen LogP) is 2.44. The summed E-state index contributed by atoms with van der Waals surface area (Å²) in [5, 5.41) is 3.09. The van der Waals surface area contributed by atoms with Crippen LogP contribution in [0.15, 0.2) is 61.1 Å². The van der Waals surface area contributed by atoms with Gasteiger partial charge in [-0.2, -0.15) is 0 Å². The Labute approximate surface area is 156 Å². The van der Waals surface area contributed by atoms with Crippen LogP contribution in [-0.2, 0) is 4.74 Å². The minimum absolute atomic E-state index is 0.163. The first-order valence-electron chi connectivity index (χ1n) is 8.86.